The molecule has 0 saturated carbocycles. The normalized spacial score (nSPS) is 19.7. The number of nitrogens with zero attached hydrogens (tertiary/aromatic N) is 1. The summed E-state index contributed by atoms with van der Waals surface area (Å²) in [5.74, 6) is -2.37. The molecule has 5 nitrogen and oxygen atoms in total. The Bertz CT molecular complexity index is 874. The molecule has 2 heterocycles. The van der Waals surface area contributed by atoms with E-state index in [2.05, 4.69) is 31.5 Å². The van der Waals surface area contributed by atoms with Crippen molar-refractivity contribution < 1.29 is 18.3 Å². The Labute approximate surface area is 168 Å². The van der Waals surface area contributed by atoms with Crippen molar-refractivity contribution in [3.05, 3.63) is 62.7 Å². The van der Waals surface area contributed by atoms with Crippen LogP contribution in [0.4, 0.5) is 8.78 Å². The molecule has 27 heavy (non-hydrogen) atoms. The van der Waals surface area contributed by atoms with Crippen LogP contribution in [0.1, 0.15) is 35.3 Å². The van der Waals surface area contributed by atoms with Crippen molar-refractivity contribution in [2.45, 2.75) is 26.1 Å². The fourth-order valence-corrected chi connectivity index (χ4v) is 4.12. The first-order valence-electron chi connectivity index (χ1n) is 8.30. The molecule has 0 amide bonds. The second kappa shape index (κ2) is 8.45. The van der Waals surface area contributed by atoms with E-state index in [1.807, 2.05) is 5.38 Å². The maximum absolute atomic E-state index is 14.2. The van der Waals surface area contributed by atoms with Crippen LogP contribution in [-0.4, -0.2) is 22.9 Å². The lowest BCUT2D eigenvalue weighted by molar-refractivity contribution is -0.139. The van der Waals surface area contributed by atoms with Gasteiger partial charge in [0, 0.05) is 22.6 Å². The molecule has 0 radical (unpaired) electrons. The van der Waals surface area contributed by atoms with Crippen molar-refractivity contribution in [3.63, 3.8) is 0 Å². The number of rotatable bonds is 5. The maximum Gasteiger partial charge on any atom is 0.337 e. The lowest BCUT2D eigenvalue weighted by Gasteiger charge is -2.35. The van der Waals surface area contributed by atoms with Crippen LogP contribution in [0.3, 0.4) is 0 Å². The monoisotopic (exact) mass is 457 g/mol. The van der Waals surface area contributed by atoms with Gasteiger partial charge in [0.2, 0.25) is 0 Å². The van der Waals surface area contributed by atoms with Crippen LogP contribution in [0.15, 0.2) is 35.0 Å². The van der Waals surface area contributed by atoms with E-state index >= 15 is 0 Å². The summed E-state index contributed by atoms with van der Waals surface area (Å²) in [7, 11) is 0. The van der Waals surface area contributed by atoms with Crippen LogP contribution in [0.2, 0.25) is 0 Å². The summed E-state index contributed by atoms with van der Waals surface area (Å²) in [5, 5.41) is 9.50. The van der Waals surface area contributed by atoms with Crippen LogP contribution < -0.4 is 10.6 Å². The van der Waals surface area contributed by atoms with Gasteiger partial charge in [-0.15, -0.1) is 11.3 Å². The summed E-state index contributed by atoms with van der Waals surface area (Å²) in [4.78, 5) is 16.9. The number of halogens is 3. The van der Waals surface area contributed by atoms with E-state index < -0.39 is 23.6 Å². The van der Waals surface area contributed by atoms with Crippen molar-refractivity contribution in [2.75, 3.05) is 11.9 Å². The number of benzene rings is 1. The molecule has 0 bridgehead atoms. The quantitative estimate of drug-likeness (QED) is 0.526. The van der Waals surface area contributed by atoms with Crippen LogP contribution in [0.25, 0.3) is 0 Å². The lowest BCUT2D eigenvalue weighted by Crippen LogP contribution is -2.45. The third kappa shape index (κ3) is 3.90. The molecule has 2 atom stereocenters. The minimum absolute atomic E-state index is 0.142. The summed E-state index contributed by atoms with van der Waals surface area (Å²) < 4.78 is 33.0. The van der Waals surface area contributed by atoms with E-state index in [0.29, 0.717) is 22.2 Å². The molecule has 1 aromatic carbocycles. The number of hydrogen-bond acceptors (Lipinski definition) is 6. The number of aromatic nitrogens is 1. The highest BCUT2D eigenvalue weighted by Gasteiger charge is 2.36. The van der Waals surface area contributed by atoms with Gasteiger partial charge in [-0.25, -0.2) is 18.6 Å². The second-order valence-corrected chi connectivity index (χ2v) is 7.36. The Balaban J connectivity index is 2.13. The number of hydrogen-bond donors (Lipinski definition) is 2. The third-order valence-electron chi connectivity index (χ3n) is 4.29. The highest BCUT2D eigenvalue weighted by atomic mass is 79.9. The number of allylic oxidation sites excluding steroid dienone is 1. The van der Waals surface area contributed by atoms with Crippen LogP contribution in [0.5, 0.6) is 0 Å². The summed E-state index contributed by atoms with van der Waals surface area (Å²) in [6.07, 6.45) is 1.30. The number of carbonyl (C=O) groups excluding carboxylic acids is 1. The highest BCUT2D eigenvalue weighted by Crippen LogP contribution is 2.35. The zero-order chi connectivity index (χ0) is 19.6. The molecule has 3 rings (SSSR count). The van der Waals surface area contributed by atoms with Gasteiger partial charge in [0.05, 0.1) is 18.2 Å². The van der Waals surface area contributed by atoms with Gasteiger partial charge in [-0.05, 0) is 31.0 Å². The van der Waals surface area contributed by atoms with Gasteiger partial charge in [0.15, 0.2) is 11.6 Å². The molecule has 1 aromatic heterocycles. The smallest absolute Gasteiger partial charge is 0.337 e. The van der Waals surface area contributed by atoms with E-state index in [9.17, 15) is 13.6 Å². The predicted octanol–water partition coefficient (Wildman–Crippen LogP) is 3.87. The molecule has 2 unspecified atom stereocenters. The van der Waals surface area contributed by atoms with Gasteiger partial charge >= 0.3 is 5.97 Å². The van der Waals surface area contributed by atoms with Crippen molar-refractivity contribution in [3.8, 4) is 0 Å². The number of nitrogens with one attached hydrogen (secondary N) is 2. The molecule has 1 aliphatic rings. The lowest BCUT2D eigenvalue weighted by atomic mass is 9.91. The largest absolute Gasteiger partial charge is 0.463 e. The standard InChI is InChI=1S/C18H18BrF2N3O2S/c1-3-26-18(25)13-12(8-19)23-16(17-22-6-7-27-17)24-15(13)10-4-5-11(20)14(21)9(10)2/h4-7,15-16,23-24H,3,8H2,1-2H3. The maximum atomic E-state index is 14.2. The molecule has 2 N–H and O–H groups in total. The average molecular weight is 458 g/mol. The van der Waals surface area contributed by atoms with Crippen molar-refractivity contribution in [1.82, 2.24) is 15.6 Å². The molecular weight excluding hydrogens is 440 g/mol. The Morgan fingerprint density at radius 3 is 2.81 bits per heavy atom. The van der Waals surface area contributed by atoms with Crippen molar-refractivity contribution >= 4 is 33.2 Å². The summed E-state index contributed by atoms with van der Waals surface area (Å²) in [6.45, 7) is 3.41. The van der Waals surface area contributed by atoms with E-state index in [-0.39, 0.29) is 18.3 Å². The molecular formula is C18H18BrF2N3O2S. The van der Waals surface area contributed by atoms with Crippen LogP contribution in [-0.2, 0) is 9.53 Å². The fourth-order valence-electron chi connectivity index (χ4n) is 3.01. The minimum atomic E-state index is -0.928. The molecule has 2 aromatic rings. The van der Waals surface area contributed by atoms with Gasteiger partial charge in [0.1, 0.15) is 11.2 Å². The SMILES string of the molecule is CCOC(=O)C1=C(CBr)NC(c2nccs2)NC1c1ccc(F)c(F)c1C. The minimum Gasteiger partial charge on any atom is -0.463 e. The van der Waals surface area contributed by atoms with E-state index in [1.54, 1.807) is 13.1 Å². The molecule has 1 aliphatic heterocycles. The molecule has 9 heteroatoms. The topological polar surface area (TPSA) is 63.2 Å². The summed E-state index contributed by atoms with van der Waals surface area (Å²) >= 11 is 4.84. The molecule has 0 spiro atoms. The second-order valence-electron chi connectivity index (χ2n) is 5.87. The van der Waals surface area contributed by atoms with Crippen LogP contribution in [0, 0.1) is 18.6 Å². The van der Waals surface area contributed by atoms with Gasteiger partial charge < -0.3 is 10.1 Å². The van der Waals surface area contributed by atoms with E-state index in [0.717, 1.165) is 11.1 Å². The predicted molar refractivity (Wildman–Crippen MR) is 102 cm³/mol. The van der Waals surface area contributed by atoms with Gasteiger partial charge in [-0.1, -0.05) is 22.0 Å². The van der Waals surface area contributed by atoms with Gasteiger partial charge in [-0.2, -0.15) is 0 Å². The van der Waals surface area contributed by atoms with E-state index in [4.69, 9.17) is 4.74 Å². The Morgan fingerprint density at radius 1 is 1.41 bits per heavy atom. The number of alkyl halides is 1. The van der Waals surface area contributed by atoms with Crippen LogP contribution >= 0.6 is 27.3 Å². The Hall–Kier alpha value is -1.84. The zero-order valence-corrected chi connectivity index (χ0v) is 17.1. The zero-order valence-electron chi connectivity index (χ0n) is 14.7. The Kier molecular flexibility index (Phi) is 6.23. The summed E-state index contributed by atoms with van der Waals surface area (Å²) in [6, 6.07) is 1.87. The summed E-state index contributed by atoms with van der Waals surface area (Å²) in [5.41, 5.74) is 1.55. The third-order valence-corrected chi connectivity index (χ3v) is 5.69. The molecule has 0 fully saturated rings. The van der Waals surface area contributed by atoms with E-state index in [1.165, 1.54) is 24.3 Å². The average Bonchev–Trinajstić information content (AvgIpc) is 3.20. The van der Waals surface area contributed by atoms with Crippen molar-refractivity contribution in [1.29, 1.82) is 0 Å². The van der Waals surface area contributed by atoms with Gasteiger partial charge in [-0.3, -0.25) is 5.32 Å². The Morgan fingerprint density at radius 2 is 2.19 bits per heavy atom. The molecule has 0 saturated heterocycles. The fraction of sp³-hybridized carbons (Fsp3) is 0.333. The number of carbonyl (C=O) groups is 1. The number of thiazole rings is 1. The first-order chi connectivity index (χ1) is 13.0. The number of ether oxygens (including phenoxy) is 1. The first kappa shape index (κ1) is 19.9. The first-order valence-corrected chi connectivity index (χ1v) is 10.3. The highest BCUT2D eigenvalue weighted by molar-refractivity contribution is 9.09. The molecule has 0 aliphatic carbocycles. The molecule has 144 valence electrons. The van der Waals surface area contributed by atoms with Gasteiger partial charge in [0.25, 0.3) is 0 Å². The van der Waals surface area contributed by atoms with Crippen molar-refractivity contribution in [2.24, 2.45) is 0 Å². The number of esters is 1.